The van der Waals surface area contributed by atoms with E-state index in [1.54, 1.807) is 35.5 Å². The first-order valence-corrected chi connectivity index (χ1v) is 5.18. The van der Waals surface area contributed by atoms with Crippen LogP contribution >= 0.6 is 0 Å². The van der Waals surface area contributed by atoms with Gasteiger partial charge < -0.3 is 15.3 Å². The summed E-state index contributed by atoms with van der Waals surface area (Å²) in [7, 11) is 0. The lowest BCUT2D eigenvalue weighted by Crippen LogP contribution is -2.60. The fraction of sp³-hybridized carbons (Fsp3) is 1.00. The van der Waals surface area contributed by atoms with Crippen LogP contribution in [-0.2, 0) is 0 Å². The zero-order chi connectivity index (χ0) is 11.6. The van der Waals surface area contributed by atoms with E-state index in [9.17, 15) is 15.3 Å². The summed E-state index contributed by atoms with van der Waals surface area (Å²) in [6.45, 7) is 6.51. The highest BCUT2D eigenvalue weighted by Gasteiger charge is 2.29. The molecule has 1 aliphatic rings. The molecular weight excluding hydrogens is 198 g/mol. The zero-order valence-corrected chi connectivity index (χ0v) is 9.54. The fourth-order valence-electron chi connectivity index (χ4n) is 1.54. The van der Waals surface area contributed by atoms with E-state index in [-0.39, 0.29) is 0 Å². The summed E-state index contributed by atoms with van der Waals surface area (Å²) >= 11 is 0. The van der Waals surface area contributed by atoms with Gasteiger partial charge in [-0.3, -0.25) is 14.7 Å². The van der Waals surface area contributed by atoms with Gasteiger partial charge >= 0.3 is 0 Å². The van der Waals surface area contributed by atoms with Gasteiger partial charge in [0.15, 0.2) is 0 Å². The minimum Gasteiger partial charge on any atom is -0.379 e. The minimum atomic E-state index is -0.590. The number of rotatable bonds is 3. The van der Waals surface area contributed by atoms with Crippen LogP contribution in [0, 0.1) is 0 Å². The zero-order valence-electron chi connectivity index (χ0n) is 9.54. The Balaban J connectivity index is 2.64. The van der Waals surface area contributed by atoms with Crippen molar-refractivity contribution >= 4 is 0 Å². The van der Waals surface area contributed by atoms with Crippen LogP contribution in [0.1, 0.15) is 20.8 Å². The molecule has 15 heavy (non-hydrogen) atoms. The standard InChI is InChI=1S/C9H21N3O3/c1-7(13)10-4-11(8(2)14)6-12(5-10)9(3)15/h7-9,13-15H,4-6H2,1-3H3. The highest BCUT2D eigenvalue weighted by Crippen LogP contribution is 2.13. The molecular formula is C9H21N3O3. The van der Waals surface area contributed by atoms with E-state index >= 15 is 0 Å². The number of nitrogens with zero attached hydrogens (tertiary/aromatic N) is 3. The average molecular weight is 219 g/mol. The van der Waals surface area contributed by atoms with Crippen LogP contribution in [-0.4, -0.2) is 68.7 Å². The largest absolute Gasteiger partial charge is 0.379 e. The van der Waals surface area contributed by atoms with Crippen molar-refractivity contribution in [3.8, 4) is 0 Å². The first-order valence-electron chi connectivity index (χ1n) is 5.18. The van der Waals surface area contributed by atoms with Gasteiger partial charge in [-0.05, 0) is 20.8 Å². The predicted octanol–water partition coefficient (Wildman–Crippen LogP) is -1.21. The van der Waals surface area contributed by atoms with E-state index in [0.29, 0.717) is 20.0 Å². The molecule has 0 aliphatic carbocycles. The Bertz CT molecular complexity index is 160. The monoisotopic (exact) mass is 219 g/mol. The Morgan fingerprint density at radius 2 is 0.867 bits per heavy atom. The van der Waals surface area contributed by atoms with Crippen LogP contribution in [0.15, 0.2) is 0 Å². The molecule has 6 heteroatoms. The van der Waals surface area contributed by atoms with E-state index in [1.165, 1.54) is 0 Å². The second-order valence-corrected chi connectivity index (χ2v) is 4.09. The lowest BCUT2D eigenvalue weighted by Gasteiger charge is -2.45. The molecule has 1 saturated heterocycles. The smallest absolute Gasteiger partial charge is 0.106 e. The number of hydrogen-bond donors (Lipinski definition) is 3. The summed E-state index contributed by atoms with van der Waals surface area (Å²) in [5, 5.41) is 28.5. The average Bonchev–Trinajstić information content (AvgIpc) is 2.16. The van der Waals surface area contributed by atoms with Crippen molar-refractivity contribution in [2.24, 2.45) is 0 Å². The molecule has 1 rings (SSSR count). The van der Waals surface area contributed by atoms with Crippen LogP contribution in [0.2, 0.25) is 0 Å². The van der Waals surface area contributed by atoms with Crippen molar-refractivity contribution in [2.45, 2.75) is 39.5 Å². The van der Waals surface area contributed by atoms with Crippen LogP contribution in [0.25, 0.3) is 0 Å². The fourth-order valence-corrected chi connectivity index (χ4v) is 1.54. The molecule has 0 aromatic rings. The third-order valence-corrected chi connectivity index (χ3v) is 2.68. The van der Waals surface area contributed by atoms with E-state index in [1.807, 2.05) is 0 Å². The Kier molecular flexibility index (Phi) is 4.45. The topological polar surface area (TPSA) is 70.4 Å². The van der Waals surface area contributed by atoms with E-state index in [2.05, 4.69) is 0 Å². The first-order chi connectivity index (χ1) is 6.91. The van der Waals surface area contributed by atoms with Gasteiger partial charge in [0, 0.05) is 0 Å². The maximum Gasteiger partial charge on any atom is 0.106 e. The summed E-state index contributed by atoms with van der Waals surface area (Å²) in [6, 6.07) is 0. The summed E-state index contributed by atoms with van der Waals surface area (Å²) in [5.74, 6) is 0. The summed E-state index contributed by atoms with van der Waals surface area (Å²) in [4.78, 5) is 5.30. The van der Waals surface area contributed by atoms with Gasteiger partial charge in [0.2, 0.25) is 0 Å². The first kappa shape index (κ1) is 12.8. The normalized spacial score (nSPS) is 27.6. The lowest BCUT2D eigenvalue weighted by molar-refractivity contribution is -0.176. The second kappa shape index (κ2) is 5.20. The van der Waals surface area contributed by atoms with Crippen LogP contribution in [0.5, 0.6) is 0 Å². The molecule has 0 saturated carbocycles. The van der Waals surface area contributed by atoms with Crippen LogP contribution < -0.4 is 0 Å². The predicted molar refractivity (Wildman–Crippen MR) is 55.2 cm³/mol. The SMILES string of the molecule is CC(O)N1CN(C(C)O)CN(C(C)O)C1. The molecule has 3 N–H and O–H groups in total. The van der Waals surface area contributed by atoms with Gasteiger partial charge in [0.05, 0.1) is 20.0 Å². The Labute approximate surface area is 90.3 Å². The molecule has 0 radical (unpaired) electrons. The highest BCUT2D eigenvalue weighted by molar-refractivity contribution is 4.71. The Morgan fingerprint density at radius 1 is 0.667 bits per heavy atom. The molecule has 90 valence electrons. The summed E-state index contributed by atoms with van der Waals surface area (Å²) < 4.78 is 0. The van der Waals surface area contributed by atoms with Crippen LogP contribution in [0.3, 0.4) is 0 Å². The van der Waals surface area contributed by atoms with Crippen LogP contribution in [0.4, 0.5) is 0 Å². The third-order valence-electron chi connectivity index (χ3n) is 2.68. The van der Waals surface area contributed by atoms with Gasteiger partial charge in [-0.1, -0.05) is 0 Å². The van der Waals surface area contributed by atoms with Crippen molar-refractivity contribution in [1.29, 1.82) is 0 Å². The summed E-state index contributed by atoms with van der Waals surface area (Å²) in [6.07, 6.45) is -1.77. The van der Waals surface area contributed by atoms with Gasteiger partial charge in [0.25, 0.3) is 0 Å². The molecule has 0 amide bonds. The quantitative estimate of drug-likeness (QED) is 0.553. The van der Waals surface area contributed by atoms with Crippen molar-refractivity contribution in [2.75, 3.05) is 20.0 Å². The van der Waals surface area contributed by atoms with Crippen molar-refractivity contribution in [3.05, 3.63) is 0 Å². The van der Waals surface area contributed by atoms with Crippen molar-refractivity contribution < 1.29 is 15.3 Å². The molecule has 1 aliphatic heterocycles. The second-order valence-electron chi connectivity index (χ2n) is 4.09. The number of hydrogen-bond acceptors (Lipinski definition) is 6. The molecule has 6 nitrogen and oxygen atoms in total. The molecule has 3 atom stereocenters. The number of aliphatic hydroxyl groups excluding tert-OH is 3. The van der Waals surface area contributed by atoms with E-state index in [0.717, 1.165) is 0 Å². The molecule has 1 heterocycles. The number of aliphatic hydroxyl groups is 3. The van der Waals surface area contributed by atoms with Crippen molar-refractivity contribution in [1.82, 2.24) is 14.7 Å². The minimum absolute atomic E-state index is 0.499. The molecule has 0 bridgehead atoms. The van der Waals surface area contributed by atoms with Crippen molar-refractivity contribution in [3.63, 3.8) is 0 Å². The third kappa shape index (κ3) is 3.37. The van der Waals surface area contributed by atoms with Gasteiger partial charge in [-0.15, -0.1) is 0 Å². The maximum absolute atomic E-state index is 9.49. The molecule has 0 aromatic heterocycles. The highest BCUT2D eigenvalue weighted by atomic mass is 16.3. The van der Waals surface area contributed by atoms with Gasteiger partial charge in [-0.25, -0.2) is 0 Å². The maximum atomic E-state index is 9.49. The van der Waals surface area contributed by atoms with E-state index < -0.39 is 18.7 Å². The Morgan fingerprint density at radius 3 is 1.00 bits per heavy atom. The summed E-state index contributed by atoms with van der Waals surface area (Å²) in [5.41, 5.74) is 0. The van der Waals surface area contributed by atoms with Gasteiger partial charge in [-0.2, -0.15) is 0 Å². The molecule has 1 fully saturated rings. The Hall–Kier alpha value is -0.240. The lowest BCUT2D eigenvalue weighted by atomic mass is 10.4. The molecule has 0 aromatic carbocycles. The molecule has 0 spiro atoms. The van der Waals surface area contributed by atoms with E-state index in [4.69, 9.17) is 0 Å². The van der Waals surface area contributed by atoms with Gasteiger partial charge in [0.1, 0.15) is 18.7 Å². The molecule has 3 unspecified atom stereocenters.